The monoisotopic (exact) mass is 292 g/mol. The molecule has 0 spiro atoms. The third-order valence-corrected chi connectivity index (χ3v) is 5.23. The summed E-state index contributed by atoms with van der Waals surface area (Å²) in [6.07, 6.45) is 3.77. The van der Waals surface area contributed by atoms with E-state index >= 15 is 0 Å². The van der Waals surface area contributed by atoms with Crippen molar-refractivity contribution >= 4 is 16.7 Å². The fraction of sp³-hybridized carbons (Fsp3) is 0.909. The number of hydrogen-bond acceptors (Lipinski definition) is 5. The van der Waals surface area contributed by atoms with Gasteiger partial charge in [0.2, 0.25) is 0 Å². The Morgan fingerprint density at radius 1 is 1.16 bits per heavy atom. The predicted molar refractivity (Wildman–Crippen MR) is 67.4 cm³/mol. The van der Waals surface area contributed by atoms with E-state index in [9.17, 15) is 13.2 Å². The van der Waals surface area contributed by atoms with Crippen LogP contribution in [-0.2, 0) is 24.5 Å². The molecule has 0 amide bonds. The third kappa shape index (κ3) is 3.65. The van der Waals surface area contributed by atoms with Gasteiger partial charge in [-0.1, -0.05) is 6.42 Å². The minimum atomic E-state index is -3.64. The zero-order valence-corrected chi connectivity index (χ0v) is 11.7. The van der Waals surface area contributed by atoms with E-state index in [1.54, 1.807) is 0 Å². The van der Waals surface area contributed by atoms with E-state index in [1.165, 1.54) is 4.31 Å². The molecule has 2 fully saturated rings. The van der Waals surface area contributed by atoms with Crippen LogP contribution >= 0.6 is 0 Å². The molecular formula is C11H20N2O5S. The van der Waals surface area contributed by atoms with E-state index in [0.29, 0.717) is 45.6 Å². The standard InChI is InChI=1S/C11H20N2O5S/c14-10-18-11(4-2-1-3-5-11)12-19(15,16)13-6-8-17-9-7-13/h10,12H,1-9H2. The largest absolute Gasteiger partial charge is 0.445 e. The van der Waals surface area contributed by atoms with Crippen LogP contribution in [-0.4, -0.2) is 51.2 Å². The molecule has 0 bridgehead atoms. The Hall–Kier alpha value is -0.700. The molecule has 1 N–H and O–H groups in total. The van der Waals surface area contributed by atoms with E-state index in [2.05, 4.69) is 4.72 Å². The highest BCUT2D eigenvalue weighted by Crippen LogP contribution is 2.30. The number of morpholine rings is 1. The Labute approximate surface area is 113 Å². The lowest BCUT2D eigenvalue weighted by Gasteiger charge is -2.37. The van der Waals surface area contributed by atoms with Gasteiger partial charge in [0.25, 0.3) is 16.7 Å². The molecule has 1 saturated carbocycles. The molecule has 2 rings (SSSR count). The molecule has 0 radical (unpaired) electrons. The Balaban J connectivity index is 2.08. The van der Waals surface area contributed by atoms with Crippen LogP contribution in [0.2, 0.25) is 0 Å². The molecule has 0 atom stereocenters. The summed E-state index contributed by atoms with van der Waals surface area (Å²) < 4.78 is 38.7. The Kier molecular flexibility index (Phi) is 4.77. The van der Waals surface area contributed by atoms with E-state index in [0.717, 1.165) is 19.3 Å². The first-order chi connectivity index (χ1) is 9.08. The summed E-state index contributed by atoms with van der Waals surface area (Å²) in [7, 11) is -3.64. The highest BCUT2D eigenvalue weighted by atomic mass is 32.2. The summed E-state index contributed by atoms with van der Waals surface area (Å²) in [6, 6.07) is 0. The molecule has 1 aliphatic carbocycles. The van der Waals surface area contributed by atoms with Crippen LogP contribution in [0.3, 0.4) is 0 Å². The van der Waals surface area contributed by atoms with E-state index in [-0.39, 0.29) is 0 Å². The SMILES string of the molecule is O=COC1(NS(=O)(=O)N2CCOCC2)CCCCC1. The Morgan fingerprint density at radius 2 is 1.79 bits per heavy atom. The summed E-state index contributed by atoms with van der Waals surface area (Å²) in [5.74, 6) is 0. The maximum absolute atomic E-state index is 12.3. The summed E-state index contributed by atoms with van der Waals surface area (Å²) >= 11 is 0. The minimum Gasteiger partial charge on any atom is -0.445 e. The van der Waals surface area contributed by atoms with Gasteiger partial charge in [0.1, 0.15) is 0 Å². The zero-order valence-electron chi connectivity index (χ0n) is 10.8. The molecule has 0 unspecified atom stereocenters. The quantitative estimate of drug-likeness (QED) is 0.569. The zero-order chi connectivity index (χ0) is 13.8. The predicted octanol–water partition coefficient (Wildman–Crippen LogP) is -0.0136. The first-order valence-electron chi connectivity index (χ1n) is 6.56. The Morgan fingerprint density at radius 3 is 2.37 bits per heavy atom. The van der Waals surface area contributed by atoms with Gasteiger partial charge in [-0.05, 0) is 12.8 Å². The van der Waals surface area contributed by atoms with E-state index < -0.39 is 15.9 Å². The minimum absolute atomic E-state index is 0.326. The highest BCUT2D eigenvalue weighted by molar-refractivity contribution is 7.87. The maximum Gasteiger partial charge on any atom is 0.294 e. The van der Waals surface area contributed by atoms with Gasteiger partial charge in [0.05, 0.1) is 13.2 Å². The highest BCUT2D eigenvalue weighted by Gasteiger charge is 2.40. The summed E-state index contributed by atoms with van der Waals surface area (Å²) in [5, 5.41) is 0. The number of nitrogens with zero attached hydrogens (tertiary/aromatic N) is 1. The third-order valence-electron chi connectivity index (χ3n) is 3.56. The van der Waals surface area contributed by atoms with E-state index in [4.69, 9.17) is 9.47 Å². The molecule has 1 heterocycles. The molecule has 2 aliphatic rings. The fourth-order valence-corrected chi connectivity index (χ4v) is 4.03. The summed E-state index contributed by atoms with van der Waals surface area (Å²) in [6.45, 7) is 1.76. The molecule has 8 heteroatoms. The van der Waals surface area contributed by atoms with Gasteiger partial charge in [-0.2, -0.15) is 17.4 Å². The molecule has 0 aromatic rings. The topological polar surface area (TPSA) is 84.9 Å². The van der Waals surface area contributed by atoms with Crippen LogP contribution in [0.15, 0.2) is 0 Å². The average Bonchev–Trinajstić information content (AvgIpc) is 2.40. The van der Waals surface area contributed by atoms with Crippen molar-refractivity contribution in [2.45, 2.75) is 37.8 Å². The van der Waals surface area contributed by atoms with Gasteiger partial charge in [0.15, 0.2) is 5.72 Å². The van der Waals surface area contributed by atoms with Crippen LogP contribution in [0.25, 0.3) is 0 Å². The number of nitrogens with one attached hydrogen (secondary N) is 1. The van der Waals surface area contributed by atoms with Gasteiger partial charge in [0, 0.05) is 25.9 Å². The van der Waals surface area contributed by atoms with Crippen LogP contribution in [0.4, 0.5) is 0 Å². The second-order valence-corrected chi connectivity index (χ2v) is 6.56. The lowest BCUT2D eigenvalue weighted by molar-refractivity contribution is -0.148. The fourth-order valence-electron chi connectivity index (χ4n) is 2.55. The summed E-state index contributed by atoms with van der Waals surface area (Å²) in [4.78, 5) is 10.6. The lowest BCUT2D eigenvalue weighted by atomic mass is 9.92. The van der Waals surface area contributed by atoms with Crippen molar-refractivity contribution in [3.05, 3.63) is 0 Å². The van der Waals surface area contributed by atoms with Crippen molar-refractivity contribution in [1.82, 2.24) is 9.03 Å². The van der Waals surface area contributed by atoms with Crippen molar-refractivity contribution in [1.29, 1.82) is 0 Å². The summed E-state index contributed by atoms with van der Waals surface area (Å²) in [5.41, 5.74) is -1.07. The van der Waals surface area contributed by atoms with Gasteiger partial charge in [-0.3, -0.25) is 4.79 Å². The lowest BCUT2D eigenvalue weighted by Crippen LogP contribution is -2.57. The number of rotatable bonds is 5. The van der Waals surface area contributed by atoms with Crippen molar-refractivity contribution in [3.63, 3.8) is 0 Å². The number of hydrogen-bond donors (Lipinski definition) is 1. The molecule has 1 saturated heterocycles. The van der Waals surface area contributed by atoms with Gasteiger partial charge >= 0.3 is 0 Å². The number of carbonyl (C=O) groups is 1. The molecule has 110 valence electrons. The first kappa shape index (κ1) is 14.7. The smallest absolute Gasteiger partial charge is 0.294 e. The molecule has 7 nitrogen and oxygen atoms in total. The van der Waals surface area contributed by atoms with E-state index in [1.807, 2.05) is 0 Å². The van der Waals surface area contributed by atoms with Gasteiger partial charge < -0.3 is 9.47 Å². The van der Waals surface area contributed by atoms with Gasteiger partial charge in [-0.25, -0.2) is 0 Å². The molecule has 0 aromatic carbocycles. The van der Waals surface area contributed by atoms with Gasteiger partial charge in [-0.15, -0.1) is 0 Å². The van der Waals surface area contributed by atoms with Crippen molar-refractivity contribution in [2.24, 2.45) is 0 Å². The molecule has 19 heavy (non-hydrogen) atoms. The van der Waals surface area contributed by atoms with Crippen molar-refractivity contribution in [2.75, 3.05) is 26.3 Å². The van der Waals surface area contributed by atoms with Crippen molar-refractivity contribution in [3.8, 4) is 0 Å². The Bertz CT molecular complexity index is 399. The molecule has 1 aliphatic heterocycles. The first-order valence-corrected chi connectivity index (χ1v) is 8.00. The number of ether oxygens (including phenoxy) is 2. The van der Waals surface area contributed by atoms with Crippen molar-refractivity contribution < 1.29 is 22.7 Å². The number of carbonyl (C=O) groups excluding carboxylic acids is 1. The second-order valence-electron chi connectivity index (χ2n) is 4.89. The van der Waals surface area contributed by atoms with Crippen LogP contribution in [0, 0.1) is 0 Å². The molecular weight excluding hydrogens is 272 g/mol. The van der Waals surface area contributed by atoms with Crippen LogP contribution in [0.5, 0.6) is 0 Å². The normalized spacial score (nSPS) is 24.8. The second kappa shape index (κ2) is 6.17. The average molecular weight is 292 g/mol. The van der Waals surface area contributed by atoms with Crippen LogP contribution in [0.1, 0.15) is 32.1 Å². The maximum atomic E-state index is 12.3. The molecule has 0 aromatic heterocycles. The van der Waals surface area contributed by atoms with Crippen LogP contribution < -0.4 is 4.72 Å².